The summed E-state index contributed by atoms with van der Waals surface area (Å²) in [5, 5.41) is 0. The summed E-state index contributed by atoms with van der Waals surface area (Å²) in [5.41, 5.74) is 6.66. The largest absolute Gasteiger partial charge is 0.494 e. The van der Waals surface area contributed by atoms with Gasteiger partial charge in [-0.05, 0) is 48.7 Å². The third-order valence-corrected chi connectivity index (χ3v) is 3.54. The minimum absolute atomic E-state index is 0.109. The van der Waals surface area contributed by atoms with Gasteiger partial charge in [-0.3, -0.25) is 0 Å². The molecule has 0 bridgehead atoms. The fraction of sp³-hybridized carbons (Fsp3) is 0.250. The van der Waals surface area contributed by atoms with Crippen molar-refractivity contribution in [1.29, 1.82) is 0 Å². The fourth-order valence-corrected chi connectivity index (χ4v) is 2.17. The summed E-state index contributed by atoms with van der Waals surface area (Å²) in [5.74, 6) is 0.614. The van der Waals surface area contributed by atoms with Gasteiger partial charge in [0, 0.05) is 10.5 Å². The molecule has 2 rings (SSSR count). The summed E-state index contributed by atoms with van der Waals surface area (Å²) in [6.45, 7) is 0.525. The van der Waals surface area contributed by atoms with Crippen LogP contribution in [0.3, 0.4) is 0 Å². The van der Waals surface area contributed by atoms with Crippen molar-refractivity contribution in [1.82, 2.24) is 0 Å². The molecule has 0 aliphatic heterocycles. The van der Waals surface area contributed by atoms with Crippen LogP contribution in [0.2, 0.25) is 0 Å². The Morgan fingerprint density at radius 1 is 1.10 bits per heavy atom. The third kappa shape index (κ3) is 4.62. The molecule has 0 saturated heterocycles. The van der Waals surface area contributed by atoms with E-state index in [9.17, 15) is 4.39 Å². The predicted molar refractivity (Wildman–Crippen MR) is 82.3 cm³/mol. The van der Waals surface area contributed by atoms with Crippen LogP contribution in [0, 0.1) is 5.82 Å². The Bertz CT molecular complexity index is 544. The molecule has 0 aliphatic carbocycles. The van der Waals surface area contributed by atoms with Crippen LogP contribution in [-0.4, -0.2) is 12.6 Å². The molecule has 106 valence electrons. The average Bonchev–Trinajstić information content (AvgIpc) is 2.44. The van der Waals surface area contributed by atoms with Crippen LogP contribution in [0.25, 0.3) is 0 Å². The SMILES string of the molecule is NC(CCOc1ccc(Br)cc1)Cc1ccccc1F. The van der Waals surface area contributed by atoms with E-state index in [0.29, 0.717) is 25.0 Å². The Kier molecular flexibility index (Phi) is 5.56. The van der Waals surface area contributed by atoms with Crippen molar-refractivity contribution in [3.63, 3.8) is 0 Å². The minimum atomic E-state index is -0.197. The van der Waals surface area contributed by atoms with E-state index in [-0.39, 0.29) is 11.9 Å². The van der Waals surface area contributed by atoms with Crippen LogP contribution < -0.4 is 10.5 Å². The molecule has 0 saturated carbocycles. The Labute approximate surface area is 126 Å². The molecular formula is C16H17BrFNO. The lowest BCUT2D eigenvalue weighted by molar-refractivity contribution is 0.296. The van der Waals surface area contributed by atoms with Gasteiger partial charge < -0.3 is 10.5 Å². The molecule has 1 unspecified atom stereocenters. The molecule has 4 heteroatoms. The van der Waals surface area contributed by atoms with Gasteiger partial charge in [0.25, 0.3) is 0 Å². The molecule has 2 N–H and O–H groups in total. The second-order valence-electron chi connectivity index (χ2n) is 4.65. The molecule has 2 nitrogen and oxygen atoms in total. The number of nitrogens with two attached hydrogens (primary N) is 1. The van der Waals surface area contributed by atoms with E-state index in [4.69, 9.17) is 10.5 Å². The standard InChI is InChI=1S/C16H17BrFNO/c17-13-5-7-15(8-6-13)20-10-9-14(19)11-12-3-1-2-4-16(12)18/h1-8,14H,9-11,19H2. The first-order valence-electron chi connectivity index (χ1n) is 6.52. The molecule has 0 amide bonds. The Balaban J connectivity index is 1.76. The first kappa shape index (κ1) is 15.0. The van der Waals surface area contributed by atoms with Gasteiger partial charge in [-0.1, -0.05) is 34.1 Å². The molecule has 0 aromatic heterocycles. The van der Waals surface area contributed by atoms with Crippen molar-refractivity contribution in [3.8, 4) is 5.75 Å². The zero-order valence-corrected chi connectivity index (χ0v) is 12.6. The third-order valence-electron chi connectivity index (χ3n) is 3.01. The van der Waals surface area contributed by atoms with Gasteiger partial charge in [0.2, 0.25) is 0 Å². The van der Waals surface area contributed by atoms with Gasteiger partial charge in [0.1, 0.15) is 11.6 Å². The highest BCUT2D eigenvalue weighted by Gasteiger charge is 2.08. The minimum Gasteiger partial charge on any atom is -0.494 e. The van der Waals surface area contributed by atoms with E-state index in [0.717, 1.165) is 10.2 Å². The monoisotopic (exact) mass is 337 g/mol. The van der Waals surface area contributed by atoms with E-state index < -0.39 is 0 Å². The van der Waals surface area contributed by atoms with Crippen molar-refractivity contribution in [2.75, 3.05) is 6.61 Å². The molecule has 0 aliphatic rings. The van der Waals surface area contributed by atoms with Gasteiger partial charge in [-0.15, -0.1) is 0 Å². The van der Waals surface area contributed by atoms with Crippen molar-refractivity contribution in [2.24, 2.45) is 5.73 Å². The van der Waals surface area contributed by atoms with Crippen LogP contribution in [0.5, 0.6) is 5.75 Å². The Morgan fingerprint density at radius 3 is 2.50 bits per heavy atom. The number of ether oxygens (including phenoxy) is 1. The summed E-state index contributed by atoms with van der Waals surface area (Å²) in [4.78, 5) is 0. The Hall–Kier alpha value is -1.39. The Morgan fingerprint density at radius 2 is 1.80 bits per heavy atom. The number of rotatable bonds is 6. The van der Waals surface area contributed by atoms with Gasteiger partial charge in [0.05, 0.1) is 6.61 Å². The molecule has 2 aromatic carbocycles. The van der Waals surface area contributed by atoms with Crippen LogP contribution in [-0.2, 0) is 6.42 Å². The lowest BCUT2D eigenvalue weighted by Crippen LogP contribution is -2.25. The zero-order chi connectivity index (χ0) is 14.4. The van der Waals surface area contributed by atoms with Crippen molar-refractivity contribution < 1.29 is 9.13 Å². The van der Waals surface area contributed by atoms with E-state index in [1.807, 2.05) is 30.3 Å². The zero-order valence-electron chi connectivity index (χ0n) is 11.1. The van der Waals surface area contributed by atoms with Gasteiger partial charge >= 0.3 is 0 Å². The maximum Gasteiger partial charge on any atom is 0.126 e. The van der Waals surface area contributed by atoms with Crippen LogP contribution in [0.15, 0.2) is 53.0 Å². The summed E-state index contributed by atoms with van der Waals surface area (Å²) in [6.07, 6.45) is 1.21. The lowest BCUT2D eigenvalue weighted by Gasteiger charge is -2.13. The van der Waals surface area contributed by atoms with Gasteiger partial charge in [0.15, 0.2) is 0 Å². The molecule has 0 spiro atoms. The number of benzene rings is 2. The normalized spacial score (nSPS) is 12.2. The van der Waals surface area contributed by atoms with E-state index in [1.54, 1.807) is 12.1 Å². The maximum absolute atomic E-state index is 13.5. The van der Waals surface area contributed by atoms with Crippen LogP contribution in [0.1, 0.15) is 12.0 Å². The van der Waals surface area contributed by atoms with E-state index >= 15 is 0 Å². The lowest BCUT2D eigenvalue weighted by atomic mass is 10.0. The molecule has 0 heterocycles. The first-order chi connectivity index (χ1) is 9.65. The predicted octanol–water partition coefficient (Wildman–Crippen LogP) is 3.93. The highest BCUT2D eigenvalue weighted by molar-refractivity contribution is 9.10. The number of halogens is 2. The van der Waals surface area contributed by atoms with Crippen LogP contribution in [0.4, 0.5) is 4.39 Å². The maximum atomic E-state index is 13.5. The molecule has 2 aromatic rings. The van der Waals surface area contributed by atoms with Crippen molar-refractivity contribution in [3.05, 3.63) is 64.4 Å². The number of hydrogen-bond donors (Lipinski definition) is 1. The topological polar surface area (TPSA) is 35.2 Å². The molecule has 0 fully saturated rings. The van der Waals surface area contributed by atoms with Gasteiger partial charge in [-0.2, -0.15) is 0 Å². The second kappa shape index (κ2) is 7.41. The summed E-state index contributed by atoms with van der Waals surface area (Å²) in [6, 6.07) is 14.3. The molecule has 1 atom stereocenters. The van der Waals surface area contributed by atoms with Crippen molar-refractivity contribution >= 4 is 15.9 Å². The number of hydrogen-bond acceptors (Lipinski definition) is 2. The first-order valence-corrected chi connectivity index (χ1v) is 7.32. The van der Waals surface area contributed by atoms with E-state index in [2.05, 4.69) is 15.9 Å². The highest BCUT2D eigenvalue weighted by Crippen LogP contribution is 2.16. The van der Waals surface area contributed by atoms with E-state index in [1.165, 1.54) is 6.07 Å². The summed E-state index contributed by atoms with van der Waals surface area (Å²) < 4.78 is 20.1. The van der Waals surface area contributed by atoms with Gasteiger partial charge in [-0.25, -0.2) is 4.39 Å². The highest BCUT2D eigenvalue weighted by atomic mass is 79.9. The van der Waals surface area contributed by atoms with Crippen molar-refractivity contribution in [2.45, 2.75) is 18.9 Å². The summed E-state index contributed by atoms with van der Waals surface area (Å²) in [7, 11) is 0. The fourth-order valence-electron chi connectivity index (χ4n) is 1.91. The summed E-state index contributed by atoms with van der Waals surface area (Å²) >= 11 is 3.37. The van der Waals surface area contributed by atoms with Crippen LogP contribution >= 0.6 is 15.9 Å². The molecule has 20 heavy (non-hydrogen) atoms. The molecular weight excluding hydrogens is 321 g/mol. The quantitative estimate of drug-likeness (QED) is 0.866. The molecule has 0 radical (unpaired) electrons. The smallest absolute Gasteiger partial charge is 0.126 e. The average molecular weight is 338 g/mol. The second-order valence-corrected chi connectivity index (χ2v) is 5.56.